The number of H-pyrrole nitrogens is 1. The Morgan fingerprint density at radius 1 is 0.933 bits per heavy atom. The molecule has 0 aliphatic rings. The van der Waals surface area contributed by atoms with Crippen molar-refractivity contribution in [1.82, 2.24) is 25.6 Å². The van der Waals surface area contributed by atoms with Gasteiger partial charge in [-0.15, -0.1) is 11.6 Å². The number of halogens is 1. The maximum absolute atomic E-state index is 13.9. The maximum atomic E-state index is 13.9. The predicted octanol–water partition coefficient (Wildman–Crippen LogP) is 5.72. The van der Waals surface area contributed by atoms with E-state index in [1.165, 1.54) is 0 Å². The lowest BCUT2D eigenvalue weighted by atomic mass is 10.1. The molecule has 2 amide bonds. The van der Waals surface area contributed by atoms with Crippen LogP contribution >= 0.6 is 11.6 Å². The van der Waals surface area contributed by atoms with Crippen LogP contribution in [0.4, 0.5) is 0 Å². The molecule has 226 valence electrons. The van der Waals surface area contributed by atoms with E-state index in [-0.39, 0.29) is 17.5 Å². The molecule has 0 saturated carbocycles. The molecule has 5 N–H and O–H groups in total. The third-order valence-corrected chi connectivity index (χ3v) is 7.91. The number of nitrogens with zero attached hydrogens (tertiary/aromatic N) is 3. The van der Waals surface area contributed by atoms with Crippen molar-refractivity contribution in [2.75, 3.05) is 12.4 Å². The maximum Gasteiger partial charge on any atom is 0.270 e. The molecule has 45 heavy (non-hydrogen) atoms. The highest BCUT2D eigenvalue weighted by Crippen LogP contribution is 2.33. The molecule has 0 aliphatic heterocycles. The molecule has 0 fully saturated rings. The molecule has 6 aromatic rings. The zero-order chi connectivity index (χ0) is 31.2. The van der Waals surface area contributed by atoms with Crippen LogP contribution in [0.15, 0.2) is 102 Å². The zero-order valence-corrected chi connectivity index (χ0v) is 25.2. The van der Waals surface area contributed by atoms with Crippen molar-refractivity contribution in [1.29, 1.82) is 0 Å². The van der Waals surface area contributed by atoms with Crippen LogP contribution in [0.25, 0.3) is 44.0 Å². The minimum absolute atomic E-state index is 0.133. The summed E-state index contributed by atoms with van der Waals surface area (Å²) < 4.78 is 0. The van der Waals surface area contributed by atoms with Crippen molar-refractivity contribution in [3.8, 4) is 11.4 Å². The molecule has 0 spiro atoms. The summed E-state index contributed by atoms with van der Waals surface area (Å²) in [5.74, 6) is -0.301. The average Bonchev–Trinajstić information content (AvgIpc) is 3.46. The molecule has 10 heteroatoms. The Kier molecular flexibility index (Phi) is 8.98. The Labute approximate surface area is 264 Å². The van der Waals surface area contributed by atoms with Crippen LogP contribution in [-0.2, 0) is 11.3 Å². The number of nitrogens with two attached hydrogens (primary N) is 1. The molecule has 0 bridgehead atoms. The second-order valence-electron chi connectivity index (χ2n) is 10.7. The lowest BCUT2D eigenvalue weighted by Crippen LogP contribution is -2.46. The quantitative estimate of drug-likeness (QED) is 0.0637. The van der Waals surface area contributed by atoms with Crippen LogP contribution in [0.3, 0.4) is 0 Å². The molecule has 0 unspecified atom stereocenters. The Morgan fingerprint density at radius 3 is 2.51 bits per heavy atom. The smallest absolute Gasteiger partial charge is 0.270 e. The van der Waals surface area contributed by atoms with Gasteiger partial charge in [-0.3, -0.25) is 19.6 Å². The highest BCUT2D eigenvalue weighted by molar-refractivity contribution is 6.28. The minimum atomic E-state index is -0.823. The first-order valence-electron chi connectivity index (χ1n) is 14.7. The van der Waals surface area contributed by atoms with E-state index in [2.05, 4.69) is 20.6 Å². The van der Waals surface area contributed by atoms with Gasteiger partial charge in [-0.25, -0.2) is 4.98 Å². The van der Waals surface area contributed by atoms with E-state index in [9.17, 15) is 9.59 Å². The number of aliphatic imine (C=N–C) groups is 1. The van der Waals surface area contributed by atoms with Gasteiger partial charge in [-0.1, -0.05) is 72.8 Å². The van der Waals surface area contributed by atoms with Gasteiger partial charge in [0.25, 0.3) is 5.91 Å². The summed E-state index contributed by atoms with van der Waals surface area (Å²) in [5, 5.41) is 9.70. The molecule has 9 nitrogen and oxygen atoms in total. The number of benzene rings is 3. The van der Waals surface area contributed by atoms with E-state index in [1.807, 2.05) is 84.9 Å². The third-order valence-electron chi connectivity index (χ3n) is 7.64. The molecule has 3 aromatic heterocycles. The molecule has 0 saturated heterocycles. The second kappa shape index (κ2) is 13.6. The van der Waals surface area contributed by atoms with E-state index in [1.54, 1.807) is 12.3 Å². The number of amidine groups is 1. The van der Waals surface area contributed by atoms with Crippen LogP contribution in [0.1, 0.15) is 28.9 Å². The van der Waals surface area contributed by atoms with Crippen molar-refractivity contribution >= 4 is 61.8 Å². The Balaban J connectivity index is 1.33. The van der Waals surface area contributed by atoms with Crippen molar-refractivity contribution in [2.45, 2.75) is 25.4 Å². The van der Waals surface area contributed by atoms with Crippen molar-refractivity contribution in [3.05, 3.63) is 108 Å². The fourth-order valence-electron chi connectivity index (χ4n) is 5.33. The number of aromatic amines is 1. The molecule has 3 heterocycles. The van der Waals surface area contributed by atoms with Crippen LogP contribution in [-0.4, -0.2) is 51.1 Å². The van der Waals surface area contributed by atoms with Gasteiger partial charge >= 0.3 is 0 Å². The number of pyridine rings is 2. The van der Waals surface area contributed by atoms with Crippen molar-refractivity contribution in [2.24, 2.45) is 10.7 Å². The summed E-state index contributed by atoms with van der Waals surface area (Å²) in [7, 11) is 0. The summed E-state index contributed by atoms with van der Waals surface area (Å²) in [6.07, 6.45) is 2.67. The van der Waals surface area contributed by atoms with Gasteiger partial charge in [-0.05, 0) is 42.0 Å². The SMILES string of the molecule is NC(CCl)=NCCC[C@H](NC(=O)c1cc2c([nH]c3ccccc32)c(-c2cc3ccccc3cn2)n1)C(=O)NCc1ccccc1. The molecule has 6 rings (SSSR count). The first-order chi connectivity index (χ1) is 22.0. The number of carbonyl (C=O) groups excluding carboxylic acids is 2. The number of nitrogens with one attached hydrogen (secondary N) is 3. The lowest BCUT2D eigenvalue weighted by molar-refractivity contribution is -0.123. The van der Waals surface area contributed by atoms with Crippen LogP contribution < -0.4 is 16.4 Å². The highest BCUT2D eigenvalue weighted by Gasteiger charge is 2.24. The number of hydrogen-bond acceptors (Lipinski definition) is 5. The number of alkyl halides is 1. The van der Waals surface area contributed by atoms with Gasteiger partial charge < -0.3 is 21.4 Å². The third kappa shape index (κ3) is 6.78. The van der Waals surface area contributed by atoms with Crippen LogP contribution in [0.2, 0.25) is 0 Å². The average molecular weight is 618 g/mol. The molecular formula is C35H32ClN7O2. The summed E-state index contributed by atoms with van der Waals surface area (Å²) in [6.45, 7) is 0.717. The van der Waals surface area contributed by atoms with Gasteiger partial charge in [0.05, 0.1) is 17.1 Å². The number of aromatic nitrogens is 3. The van der Waals surface area contributed by atoms with Gasteiger partial charge in [0.2, 0.25) is 5.91 Å². The summed E-state index contributed by atoms with van der Waals surface area (Å²) in [5.41, 5.74) is 9.76. The van der Waals surface area contributed by atoms with Gasteiger partial charge in [0.1, 0.15) is 23.3 Å². The zero-order valence-electron chi connectivity index (χ0n) is 24.5. The van der Waals surface area contributed by atoms with E-state index < -0.39 is 11.9 Å². The fraction of sp³-hybridized carbons (Fsp3) is 0.171. The minimum Gasteiger partial charge on any atom is -0.386 e. The number of carbonyl (C=O) groups is 2. The highest BCUT2D eigenvalue weighted by atomic mass is 35.5. The number of amides is 2. The number of hydrogen-bond donors (Lipinski definition) is 4. The Morgan fingerprint density at radius 2 is 1.69 bits per heavy atom. The summed E-state index contributed by atoms with van der Waals surface area (Å²) >= 11 is 5.74. The summed E-state index contributed by atoms with van der Waals surface area (Å²) in [4.78, 5) is 44.5. The second-order valence-corrected chi connectivity index (χ2v) is 11.0. The number of fused-ring (bicyclic) bond motifs is 4. The molecule has 0 aliphatic carbocycles. The van der Waals surface area contributed by atoms with Gasteiger partial charge in [-0.2, -0.15) is 0 Å². The predicted molar refractivity (Wildman–Crippen MR) is 180 cm³/mol. The lowest BCUT2D eigenvalue weighted by Gasteiger charge is -2.18. The summed E-state index contributed by atoms with van der Waals surface area (Å²) in [6, 6.07) is 28.4. The van der Waals surface area contributed by atoms with Gasteiger partial charge in [0.15, 0.2) is 0 Å². The van der Waals surface area contributed by atoms with Gasteiger partial charge in [0, 0.05) is 41.0 Å². The van der Waals surface area contributed by atoms with E-state index in [0.29, 0.717) is 43.2 Å². The molecular weight excluding hydrogens is 586 g/mol. The Bertz CT molecular complexity index is 2020. The molecule has 0 radical (unpaired) electrons. The molecule has 1 atom stereocenters. The van der Waals surface area contributed by atoms with E-state index in [4.69, 9.17) is 27.3 Å². The first kappa shape index (κ1) is 29.8. The van der Waals surface area contributed by atoms with Crippen molar-refractivity contribution in [3.63, 3.8) is 0 Å². The standard InChI is InChI=1S/C35H32ClN7O2/c36-19-31(37)38-16-8-15-28(34(44)40-20-22-9-2-1-3-10-22)43-35(45)30-18-26-25-13-6-7-14-27(25)41-32(26)33(42-30)29-17-23-11-4-5-12-24(23)21-39-29/h1-7,9-14,17-18,21,28,41H,8,15-16,19-20H2,(H2,37,38)(H,40,44)(H,43,45)/t28-/m0/s1. The topological polar surface area (TPSA) is 138 Å². The van der Waals surface area contributed by atoms with E-state index in [0.717, 1.165) is 38.1 Å². The van der Waals surface area contributed by atoms with Crippen LogP contribution in [0.5, 0.6) is 0 Å². The largest absolute Gasteiger partial charge is 0.386 e. The van der Waals surface area contributed by atoms with Crippen LogP contribution in [0, 0.1) is 0 Å². The van der Waals surface area contributed by atoms with E-state index >= 15 is 0 Å². The monoisotopic (exact) mass is 617 g/mol. The molecule has 3 aromatic carbocycles. The number of rotatable bonds is 11. The fourth-order valence-corrected chi connectivity index (χ4v) is 5.41. The normalized spacial score (nSPS) is 12.4. The van der Waals surface area contributed by atoms with Crippen molar-refractivity contribution < 1.29 is 9.59 Å². The Hall–Kier alpha value is -5.28. The number of para-hydroxylation sites is 1. The first-order valence-corrected chi connectivity index (χ1v) is 15.3.